The molecule has 0 radical (unpaired) electrons. The maximum Gasteiger partial charge on any atom is 0.268 e. The highest BCUT2D eigenvalue weighted by molar-refractivity contribution is 7.90. The Morgan fingerprint density at radius 2 is 1.71 bits per heavy atom. The molecule has 1 fully saturated rings. The molecule has 2 aromatic carbocycles. The zero-order valence-electron chi connectivity index (χ0n) is 20.4. The summed E-state index contributed by atoms with van der Waals surface area (Å²) < 4.78 is 27.6. The van der Waals surface area contributed by atoms with Crippen molar-refractivity contribution in [2.75, 3.05) is 18.0 Å². The number of piperidine rings is 1. The van der Waals surface area contributed by atoms with E-state index in [1.54, 1.807) is 19.1 Å². The summed E-state index contributed by atoms with van der Waals surface area (Å²) in [4.78, 5) is 23.8. The molecule has 1 aliphatic rings. The standard InChI is InChI=1S/C27H32N4O3S/c1-19(2)23-9-11-24(12-10-23)35(33,34)30-26(32)25-18-28-27(29-20(25)3)31-15-13-22(14-16-31)17-21-7-5-4-6-8-21/h4-12,18-19,22H,13-17H2,1-3H3,(H,30,32). The van der Waals surface area contributed by atoms with Crippen LogP contribution >= 0.6 is 0 Å². The number of carbonyl (C=O) groups is 1. The van der Waals surface area contributed by atoms with Gasteiger partial charge in [-0.1, -0.05) is 56.3 Å². The zero-order chi connectivity index (χ0) is 25.0. The number of aryl methyl sites for hydroxylation is 1. The van der Waals surface area contributed by atoms with Crippen molar-refractivity contribution in [3.8, 4) is 0 Å². The molecule has 2 heterocycles. The number of nitrogens with one attached hydrogen (secondary N) is 1. The molecule has 0 aliphatic carbocycles. The van der Waals surface area contributed by atoms with Crippen LogP contribution in [0.25, 0.3) is 0 Å². The summed E-state index contributed by atoms with van der Waals surface area (Å²) in [5.41, 5.74) is 2.98. The summed E-state index contributed by atoms with van der Waals surface area (Å²) in [5, 5.41) is 0. The van der Waals surface area contributed by atoms with Gasteiger partial charge in [0.25, 0.3) is 15.9 Å². The lowest BCUT2D eigenvalue weighted by Gasteiger charge is -2.32. The van der Waals surface area contributed by atoms with Gasteiger partial charge in [-0.15, -0.1) is 0 Å². The Bertz CT molecular complexity index is 1270. The third kappa shape index (κ3) is 6.06. The topological polar surface area (TPSA) is 92.3 Å². The van der Waals surface area contributed by atoms with Gasteiger partial charge in [0.15, 0.2) is 0 Å². The summed E-state index contributed by atoms with van der Waals surface area (Å²) in [7, 11) is -4.00. The molecular formula is C27H32N4O3S. The molecule has 0 unspecified atom stereocenters. The van der Waals surface area contributed by atoms with E-state index in [0.717, 1.165) is 37.9 Å². The molecule has 0 bridgehead atoms. The lowest BCUT2D eigenvalue weighted by atomic mass is 9.90. The predicted molar refractivity (Wildman–Crippen MR) is 137 cm³/mol. The second-order valence-electron chi connectivity index (χ2n) is 9.45. The van der Waals surface area contributed by atoms with Gasteiger partial charge in [0.2, 0.25) is 5.95 Å². The van der Waals surface area contributed by atoms with E-state index in [1.165, 1.54) is 23.9 Å². The number of anilines is 1. The van der Waals surface area contributed by atoms with E-state index >= 15 is 0 Å². The molecule has 3 aromatic rings. The number of aromatic nitrogens is 2. The fraction of sp³-hybridized carbons (Fsp3) is 0.370. The molecule has 0 spiro atoms. The van der Waals surface area contributed by atoms with Crippen LogP contribution < -0.4 is 9.62 Å². The van der Waals surface area contributed by atoms with E-state index < -0.39 is 15.9 Å². The van der Waals surface area contributed by atoms with Gasteiger partial charge in [-0.2, -0.15) is 0 Å². The van der Waals surface area contributed by atoms with Crippen molar-refractivity contribution >= 4 is 21.9 Å². The average Bonchev–Trinajstić information content (AvgIpc) is 2.85. The minimum atomic E-state index is -4.00. The predicted octanol–water partition coefficient (Wildman–Crippen LogP) is 4.49. The van der Waals surface area contributed by atoms with Crippen LogP contribution in [0.15, 0.2) is 65.7 Å². The lowest BCUT2D eigenvalue weighted by Crippen LogP contribution is -2.36. The number of rotatable bonds is 7. The third-order valence-corrected chi connectivity index (χ3v) is 7.91. The highest BCUT2D eigenvalue weighted by atomic mass is 32.2. The Balaban J connectivity index is 1.38. The van der Waals surface area contributed by atoms with Crippen molar-refractivity contribution in [1.82, 2.24) is 14.7 Å². The Morgan fingerprint density at radius 3 is 2.31 bits per heavy atom. The van der Waals surface area contributed by atoms with Crippen molar-refractivity contribution in [2.24, 2.45) is 5.92 Å². The van der Waals surface area contributed by atoms with Crippen molar-refractivity contribution in [3.05, 3.63) is 83.2 Å². The fourth-order valence-corrected chi connectivity index (χ4v) is 5.35. The van der Waals surface area contributed by atoms with Crippen LogP contribution in [-0.2, 0) is 16.4 Å². The average molecular weight is 493 g/mol. The molecule has 184 valence electrons. The summed E-state index contributed by atoms with van der Waals surface area (Å²) in [5.74, 6) is 0.752. The number of benzene rings is 2. The monoisotopic (exact) mass is 492 g/mol. The number of carbonyl (C=O) groups excluding carboxylic acids is 1. The summed E-state index contributed by atoms with van der Waals surface area (Å²) in [6.45, 7) is 7.47. The van der Waals surface area contributed by atoms with E-state index in [1.807, 2.05) is 19.9 Å². The van der Waals surface area contributed by atoms with Gasteiger partial charge in [-0.3, -0.25) is 4.79 Å². The van der Waals surface area contributed by atoms with Crippen molar-refractivity contribution < 1.29 is 13.2 Å². The van der Waals surface area contributed by atoms with Crippen molar-refractivity contribution in [1.29, 1.82) is 0 Å². The minimum absolute atomic E-state index is 0.0452. The molecular weight excluding hydrogens is 460 g/mol. The van der Waals surface area contributed by atoms with E-state index in [-0.39, 0.29) is 16.4 Å². The highest BCUT2D eigenvalue weighted by Gasteiger charge is 2.24. The number of hydrogen-bond acceptors (Lipinski definition) is 6. The molecule has 1 aliphatic heterocycles. The first-order chi connectivity index (χ1) is 16.7. The smallest absolute Gasteiger partial charge is 0.268 e. The normalized spacial score (nSPS) is 14.8. The van der Waals surface area contributed by atoms with E-state index in [4.69, 9.17) is 0 Å². The second-order valence-corrected chi connectivity index (χ2v) is 11.1. The van der Waals surface area contributed by atoms with Gasteiger partial charge in [0.05, 0.1) is 16.2 Å². The molecule has 1 saturated heterocycles. The van der Waals surface area contributed by atoms with Crippen LogP contribution in [0.4, 0.5) is 5.95 Å². The fourth-order valence-electron chi connectivity index (χ4n) is 4.38. The summed E-state index contributed by atoms with van der Waals surface area (Å²) >= 11 is 0. The van der Waals surface area contributed by atoms with E-state index in [9.17, 15) is 13.2 Å². The van der Waals surface area contributed by atoms with Crippen LogP contribution in [0, 0.1) is 12.8 Å². The molecule has 0 saturated carbocycles. The molecule has 0 atom stereocenters. The quantitative estimate of drug-likeness (QED) is 0.523. The van der Waals surface area contributed by atoms with Crippen LogP contribution in [0.5, 0.6) is 0 Å². The van der Waals surface area contributed by atoms with E-state index in [2.05, 4.69) is 43.9 Å². The molecule has 35 heavy (non-hydrogen) atoms. The highest BCUT2D eigenvalue weighted by Crippen LogP contribution is 2.24. The Morgan fingerprint density at radius 1 is 1.06 bits per heavy atom. The van der Waals surface area contributed by atoms with Gasteiger partial charge < -0.3 is 4.90 Å². The van der Waals surface area contributed by atoms with Gasteiger partial charge in [0.1, 0.15) is 0 Å². The third-order valence-electron chi connectivity index (χ3n) is 6.56. The van der Waals surface area contributed by atoms with Crippen LogP contribution in [0.2, 0.25) is 0 Å². The minimum Gasteiger partial charge on any atom is -0.341 e. The molecule has 4 rings (SSSR count). The van der Waals surface area contributed by atoms with Crippen LogP contribution in [-0.4, -0.2) is 37.4 Å². The van der Waals surface area contributed by atoms with Crippen LogP contribution in [0.1, 0.15) is 59.8 Å². The van der Waals surface area contributed by atoms with Gasteiger partial charge in [-0.05, 0) is 61.3 Å². The zero-order valence-corrected chi connectivity index (χ0v) is 21.3. The SMILES string of the molecule is Cc1nc(N2CCC(Cc3ccccc3)CC2)ncc1C(=O)NS(=O)(=O)c1ccc(C(C)C)cc1. The molecule has 7 nitrogen and oxygen atoms in total. The number of amides is 1. The Hall–Kier alpha value is -3.26. The first kappa shape index (κ1) is 24.9. The second kappa shape index (κ2) is 10.6. The van der Waals surface area contributed by atoms with Crippen molar-refractivity contribution in [3.63, 3.8) is 0 Å². The summed E-state index contributed by atoms with van der Waals surface area (Å²) in [6, 6.07) is 17.1. The van der Waals surface area contributed by atoms with Gasteiger partial charge in [0, 0.05) is 19.3 Å². The first-order valence-corrected chi connectivity index (χ1v) is 13.5. The number of hydrogen-bond donors (Lipinski definition) is 1. The first-order valence-electron chi connectivity index (χ1n) is 12.0. The Labute approximate surface area is 207 Å². The molecule has 1 N–H and O–H groups in total. The molecule has 8 heteroatoms. The number of sulfonamides is 1. The van der Waals surface area contributed by atoms with E-state index in [0.29, 0.717) is 17.6 Å². The maximum absolute atomic E-state index is 12.7. The number of nitrogens with zero attached hydrogens (tertiary/aromatic N) is 3. The molecule has 1 aromatic heterocycles. The van der Waals surface area contributed by atoms with Gasteiger partial charge >= 0.3 is 0 Å². The molecule has 1 amide bonds. The largest absolute Gasteiger partial charge is 0.341 e. The van der Waals surface area contributed by atoms with Crippen LogP contribution in [0.3, 0.4) is 0 Å². The maximum atomic E-state index is 12.7. The van der Waals surface area contributed by atoms with Crippen molar-refractivity contribution in [2.45, 2.75) is 50.8 Å². The lowest BCUT2D eigenvalue weighted by molar-refractivity contribution is 0.0980. The van der Waals surface area contributed by atoms with Gasteiger partial charge in [-0.25, -0.2) is 23.1 Å². The summed E-state index contributed by atoms with van der Waals surface area (Å²) in [6.07, 6.45) is 4.59. The Kier molecular flexibility index (Phi) is 7.50.